The van der Waals surface area contributed by atoms with E-state index in [4.69, 9.17) is 10.3 Å². The Morgan fingerprint density at radius 3 is 1.91 bits per heavy atom. The molecule has 68 valence electrons. The molecule has 0 aromatic heterocycles. The largest absolute Gasteiger partial charge is 0.370 e. The van der Waals surface area contributed by atoms with E-state index >= 15 is 0 Å². The number of nitrogens with one attached hydrogen (secondary N) is 1. The highest BCUT2D eigenvalue weighted by molar-refractivity contribution is 7.57. The average molecular weight is 181 g/mol. The van der Waals surface area contributed by atoms with Gasteiger partial charge < -0.3 is 16.4 Å². The van der Waals surface area contributed by atoms with Gasteiger partial charge in [0.15, 0.2) is 13.3 Å². The molecule has 0 fully saturated rings. The van der Waals surface area contributed by atoms with Gasteiger partial charge in [-0.25, -0.2) is 0 Å². The van der Waals surface area contributed by atoms with Crippen LogP contribution in [0.25, 0.3) is 0 Å². The van der Waals surface area contributed by atoms with E-state index in [2.05, 4.69) is 11.5 Å². The minimum absolute atomic E-state index is 0.333. The van der Waals surface area contributed by atoms with Crippen molar-refractivity contribution in [3.63, 3.8) is 0 Å². The summed E-state index contributed by atoms with van der Waals surface area (Å²) < 4.78 is 10.4. The van der Waals surface area contributed by atoms with Crippen molar-refractivity contribution in [2.45, 2.75) is 13.3 Å². The minimum atomic E-state index is -2.67. The molecule has 0 amide bonds. The zero-order chi connectivity index (χ0) is 9.49. The van der Waals surface area contributed by atoms with Crippen molar-refractivity contribution < 1.29 is 9.46 Å². The molecule has 6 N–H and O–H groups in total. The van der Waals surface area contributed by atoms with Crippen molar-refractivity contribution in [1.29, 1.82) is 5.41 Å². The predicted octanol–water partition coefficient (Wildman–Crippen LogP) is 0.135. The van der Waals surface area contributed by atoms with Crippen molar-refractivity contribution in [2.24, 2.45) is 11.5 Å². The van der Waals surface area contributed by atoms with Gasteiger partial charge in [0, 0.05) is 12.8 Å². The number of rotatable bonds is 2. The second kappa shape index (κ2) is 6.19. The highest BCUT2D eigenvalue weighted by Gasteiger charge is 2.04. The molecule has 11 heavy (non-hydrogen) atoms. The van der Waals surface area contributed by atoms with E-state index < -0.39 is 7.37 Å². The molecule has 0 radical (unpaired) electrons. The van der Waals surface area contributed by atoms with Gasteiger partial charge in [-0.2, -0.15) is 0 Å². The molecule has 0 aliphatic rings. The van der Waals surface area contributed by atoms with E-state index in [-0.39, 0.29) is 5.96 Å². The monoisotopic (exact) mass is 181 g/mol. The summed E-state index contributed by atoms with van der Waals surface area (Å²) in [5.74, 6) is -0.333. The Kier molecular flexibility index (Phi) is 7.36. The summed E-state index contributed by atoms with van der Waals surface area (Å²) in [4.78, 5) is 8.57. The third kappa shape index (κ3) is 44.0. The van der Waals surface area contributed by atoms with Gasteiger partial charge in [0.25, 0.3) is 0 Å². The Morgan fingerprint density at radius 2 is 1.91 bits per heavy atom. The Morgan fingerprint density at radius 1 is 1.64 bits per heavy atom. The molecule has 5 nitrogen and oxygen atoms in total. The summed E-state index contributed by atoms with van der Waals surface area (Å²) in [6.07, 6.45) is 1.25. The lowest BCUT2D eigenvalue weighted by Gasteiger charge is -1.98. The third-order valence-electron chi connectivity index (χ3n) is 0.639. The standard InChI is InChI=1S/C4H11O2P.CH5N3/c1-3-4-7(2,5)6;2-1(3)4/h3-4H2,1-2H3,(H,5,6);(H5,2,3,4). The molecule has 0 aromatic rings. The summed E-state index contributed by atoms with van der Waals surface area (Å²) in [7, 11) is -2.67. The first-order chi connectivity index (χ1) is 4.79. The first-order valence-corrected chi connectivity index (χ1v) is 5.47. The Bertz CT molecular complexity index is 150. The molecule has 0 aliphatic carbocycles. The topological polar surface area (TPSA) is 113 Å². The second-order valence-electron chi connectivity index (χ2n) is 2.23. The number of hydrogen-bond donors (Lipinski definition) is 4. The van der Waals surface area contributed by atoms with Crippen LogP contribution in [0.4, 0.5) is 0 Å². The van der Waals surface area contributed by atoms with Crippen molar-refractivity contribution in [3.05, 3.63) is 0 Å². The van der Waals surface area contributed by atoms with E-state index in [1.807, 2.05) is 6.92 Å². The van der Waals surface area contributed by atoms with Crippen LogP contribution < -0.4 is 11.5 Å². The van der Waals surface area contributed by atoms with Crippen LogP contribution in [0.1, 0.15) is 13.3 Å². The van der Waals surface area contributed by atoms with E-state index in [1.165, 1.54) is 6.66 Å². The first-order valence-electron chi connectivity index (χ1n) is 3.18. The Hall–Kier alpha value is -0.540. The minimum Gasteiger partial charge on any atom is -0.370 e. The lowest BCUT2D eigenvalue weighted by atomic mass is 10.6. The van der Waals surface area contributed by atoms with Crippen LogP contribution in [-0.4, -0.2) is 23.7 Å². The molecule has 1 atom stereocenters. The molecule has 0 heterocycles. The van der Waals surface area contributed by atoms with Crippen molar-refractivity contribution >= 4 is 13.3 Å². The molecule has 0 bridgehead atoms. The number of hydrogen-bond acceptors (Lipinski definition) is 2. The Labute approximate surface area is 66.7 Å². The first kappa shape index (κ1) is 13.1. The highest BCUT2D eigenvalue weighted by Crippen LogP contribution is 2.35. The van der Waals surface area contributed by atoms with Crippen LogP contribution in [0, 0.1) is 5.41 Å². The lowest BCUT2D eigenvalue weighted by molar-refractivity contribution is 0.484. The summed E-state index contributed by atoms with van der Waals surface area (Å²) in [6.45, 7) is 3.28. The number of nitrogens with two attached hydrogens (primary N) is 2. The summed E-state index contributed by atoms with van der Waals surface area (Å²) >= 11 is 0. The van der Waals surface area contributed by atoms with Crippen molar-refractivity contribution in [2.75, 3.05) is 12.8 Å². The maximum absolute atomic E-state index is 10.4. The molecule has 0 aliphatic heterocycles. The molecular formula is C5H16N3O2P. The summed E-state index contributed by atoms with van der Waals surface area (Å²) in [6, 6.07) is 0. The molecule has 6 heteroatoms. The summed E-state index contributed by atoms with van der Waals surface area (Å²) in [5.41, 5.74) is 8.94. The lowest BCUT2D eigenvalue weighted by Crippen LogP contribution is -2.20. The second-order valence-corrected chi connectivity index (χ2v) is 4.78. The highest BCUT2D eigenvalue weighted by atomic mass is 31.2. The van der Waals surface area contributed by atoms with Gasteiger partial charge in [0.05, 0.1) is 0 Å². The van der Waals surface area contributed by atoms with Crippen LogP contribution >= 0.6 is 7.37 Å². The fraction of sp³-hybridized carbons (Fsp3) is 0.800. The van der Waals surface area contributed by atoms with E-state index in [0.717, 1.165) is 6.42 Å². The molecule has 0 spiro atoms. The third-order valence-corrected chi connectivity index (χ3v) is 1.92. The van der Waals surface area contributed by atoms with Gasteiger partial charge in [-0.15, -0.1) is 0 Å². The van der Waals surface area contributed by atoms with Gasteiger partial charge in [-0.05, 0) is 6.42 Å². The van der Waals surface area contributed by atoms with Gasteiger partial charge in [0.2, 0.25) is 0 Å². The zero-order valence-electron chi connectivity index (χ0n) is 6.87. The maximum atomic E-state index is 10.4. The average Bonchev–Trinajstić information content (AvgIpc) is 1.58. The van der Waals surface area contributed by atoms with Crippen molar-refractivity contribution in [3.8, 4) is 0 Å². The Balaban J connectivity index is 0. The van der Waals surface area contributed by atoms with Crippen LogP contribution in [0.3, 0.4) is 0 Å². The SMILES string of the molecule is CCCP(C)(=O)O.N=C(N)N. The van der Waals surface area contributed by atoms with Gasteiger partial charge in [0.1, 0.15) is 0 Å². The predicted molar refractivity (Wildman–Crippen MR) is 47.0 cm³/mol. The molecule has 0 rings (SSSR count). The maximum Gasteiger partial charge on any atom is 0.197 e. The fourth-order valence-electron chi connectivity index (χ4n) is 0.415. The normalized spacial score (nSPS) is 14.1. The fourth-order valence-corrected chi connectivity index (χ4v) is 1.24. The van der Waals surface area contributed by atoms with Gasteiger partial charge in [-0.1, -0.05) is 6.92 Å². The van der Waals surface area contributed by atoms with Gasteiger partial charge >= 0.3 is 0 Å². The quantitative estimate of drug-likeness (QED) is 0.275. The van der Waals surface area contributed by atoms with Crippen LogP contribution in [0.5, 0.6) is 0 Å². The molecule has 0 saturated heterocycles. The molecule has 1 unspecified atom stereocenters. The van der Waals surface area contributed by atoms with Crippen LogP contribution in [0.15, 0.2) is 0 Å². The molecule has 0 saturated carbocycles. The van der Waals surface area contributed by atoms with Crippen LogP contribution in [-0.2, 0) is 4.57 Å². The van der Waals surface area contributed by atoms with Crippen LogP contribution in [0.2, 0.25) is 0 Å². The smallest absolute Gasteiger partial charge is 0.197 e. The van der Waals surface area contributed by atoms with Gasteiger partial charge in [-0.3, -0.25) is 9.97 Å². The van der Waals surface area contributed by atoms with Crippen molar-refractivity contribution in [1.82, 2.24) is 0 Å². The number of guanidine groups is 1. The van der Waals surface area contributed by atoms with E-state index in [0.29, 0.717) is 6.16 Å². The zero-order valence-corrected chi connectivity index (χ0v) is 7.77. The summed E-state index contributed by atoms with van der Waals surface area (Å²) in [5, 5.41) is 6.06. The molecule has 0 aromatic carbocycles. The van der Waals surface area contributed by atoms with E-state index in [1.54, 1.807) is 0 Å². The van der Waals surface area contributed by atoms with E-state index in [9.17, 15) is 4.57 Å². The molecular weight excluding hydrogens is 165 g/mol.